The lowest BCUT2D eigenvalue weighted by Crippen LogP contribution is -2.11. The molecule has 112 valence electrons. The molecule has 0 spiro atoms. The molecule has 0 fully saturated rings. The number of aromatic nitrogens is 2. The first-order chi connectivity index (χ1) is 10.0. The minimum atomic E-state index is -0.370. The Morgan fingerprint density at radius 3 is 2.57 bits per heavy atom. The van der Waals surface area contributed by atoms with Crippen molar-refractivity contribution in [1.82, 2.24) is 9.78 Å². The van der Waals surface area contributed by atoms with Gasteiger partial charge in [0.05, 0.1) is 18.5 Å². The van der Waals surface area contributed by atoms with Gasteiger partial charge in [-0.1, -0.05) is 18.2 Å². The molecule has 0 atom stereocenters. The summed E-state index contributed by atoms with van der Waals surface area (Å²) in [4.78, 5) is 11.9. The second-order valence-corrected chi connectivity index (χ2v) is 4.86. The molecule has 0 aliphatic heterocycles. The maximum absolute atomic E-state index is 11.9. The number of rotatable bonds is 5. The molecule has 0 aliphatic rings. The monoisotopic (exact) mass is 288 g/mol. The maximum Gasteiger partial charge on any atom is 0.341 e. The van der Waals surface area contributed by atoms with Crippen LogP contribution < -0.4 is 4.74 Å². The second-order valence-electron chi connectivity index (χ2n) is 4.86. The van der Waals surface area contributed by atoms with E-state index in [2.05, 4.69) is 5.10 Å². The number of benzene rings is 1. The molecular weight excluding hydrogens is 268 g/mol. The van der Waals surface area contributed by atoms with E-state index in [-0.39, 0.29) is 12.6 Å². The van der Waals surface area contributed by atoms with Crippen molar-refractivity contribution in [2.75, 3.05) is 6.61 Å². The fourth-order valence-corrected chi connectivity index (χ4v) is 2.18. The van der Waals surface area contributed by atoms with Crippen molar-refractivity contribution in [1.29, 1.82) is 0 Å². The van der Waals surface area contributed by atoms with E-state index in [0.717, 1.165) is 16.9 Å². The van der Waals surface area contributed by atoms with E-state index in [0.29, 0.717) is 17.9 Å². The molecule has 1 aromatic heterocycles. The first-order valence-corrected chi connectivity index (χ1v) is 6.91. The van der Waals surface area contributed by atoms with Gasteiger partial charge < -0.3 is 9.47 Å². The van der Waals surface area contributed by atoms with Crippen molar-refractivity contribution < 1.29 is 14.3 Å². The van der Waals surface area contributed by atoms with Crippen molar-refractivity contribution in [3.8, 4) is 5.75 Å². The van der Waals surface area contributed by atoms with Gasteiger partial charge in [-0.2, -0.15) is 5.10 Å². The highest BCUT2D eigenvalue weighted by Crippen LogP contribution is 2.24. The third-order valence-corrected chi connectivity index (χ3v) is 3.32. The Bertz CT molecular complexity index is 627. The molecule has 21 heavy (non-hydrogen) atoms. The Morgan fingerprint density at radius 2 is 1.95 bits per heavy atom. The Hall–Kier alpha value is -2.30. The van der Waals surface area contributed by atoms with Gasteiger partial charge in [-0.25, -0.2) is 4.79 Å². The highest BCUT2D eigenvalue weighted by atomic mass is 16.5. The predicted octanol–water partition coefficient (Wildman–Crippen LogP) is 2.79. The summed E-state index contributed by atoms with van der Waals surface area (Å²) in [6.07, 6.45) is 1.52. The fourth-order valence-electron chi connectivity index (χ4n) is 2.18. The molecule has 0 bridgehead atoms. The molecule has 0 aliphatic carbocycles. The van der Waals surface area contributed by atoms with E-state index >= 15 is 0 Å². The van der Waals surface area contributed by atoms with Gasteiger partial charge in [-0.05, 0) is 31.9 Å². The van der Waals surface area contributed by atoms with Crippen molar-refractivity contribution in [2.24, 2.45) is 7.05 Å². The number of nitrogens with zero attached hydrogens (tertiary/aromatic N) is 2. The topological polar surface area (TPSA) is 53.3 Å². The molecular formula is C16H20N2O3. The average Bonchev–Trinajstić information content (AvgIpc) is 2.80. The number of ether oxygens (including phenoxy) is 2. The minimum Gasteiger partial charge on any atom is -0.487 e. The summed E-state index contributed by atoms with van der Waals surface area (Å²) in [5.74, 6) is 0.471. The first kappa shape index (κ1) is 15.1. The van der Waals surface area contributed by atoms with E-state index in [1.54, 1.807) is 18.7 Å². The van der Waals surface area contributed by atoms with Crippen molar-refractivity contribution in [3.63, 3.8) is 0 Å². The molecule has 0 saturated carbocycles. The predicted molar refractivity (Wildman–Crippen MR) is 79.4 cm³/mol. The lowest BCUT2D eigenvalue weighted by atomic mass is 10.1. The molecule has 0 N–H and O–H groups in total. The van der Waals surface area contributed by atoms with Crippen molar-refractivity contribution >= 4 is 5.97 Å². The second kappa shape index (κ2) is 6.43. The van der Waals surface area contributed by atoms with Gasteiger partial charge in [0.1, 0.15) is 17.9 Å². The molecule has 2 rings (SSSR count). The van der Waals surface area contributed by atoms with Crippen LogP contribution >= 0.6 is 0 Å². The van der Waals surface area contributed by atoms with Crippen molar-refractivity contribution in [2.45, 2.75) is 27.4 Å². The molecule has 0 amide bonds. The van der Waals surface area contributed by atoms with Crippen LogP contribution in [0.15, 0.2) is 24.4 Å². The van der Waals surface area contributed by atoms with Gasteiger partial charge in [-0.3, -0.25) is 4.68 Å². The number of esters is 1. The summed E-state index contributed by atoms with van der Waals surface area (Å²) < 4.78 is 12.6. The first-order valence-electron chi connectivity index (χ1n) is 6.91. The molecule has 0 unspecified atom stereocenters. The van der Waals surface area contributed by atoms with E-state index in [4.69, 9.17) is 9.47 Å². The highest BCUT2D eigenvalue weighted by Gasteiger charge is 2.18. The van der Waals surface area contributed by atoms with Crippen LogP contribution in [0.4, 0.5) is 0 Å². The summed E-state index contributed by atoms with van der Waals surface area (Å²) in [5.41, 5.74) is 3.28. The number of aryl methyl sites for hydroxylation is 3. The van der Waals surface area contributed by atoms with Crippen LogP contribution in [0.3, 0.4) is 0 Å². The molecule has 1 aromatic carbocycles. The Labute approximate surface area is 124 Å². The molecule has 0 radical (unpaired) electrons. The largest absolute Gasteiger partial charge is 0.487 e. The lowest BCUT2D eigenvalue weighted by molar-refractivity contribution is 0.0523. The summed E-state index contributed by atoms with van der Waals surface area (Å²) >= 11 is 0. The van der Waals surface area contributed by atoms with Gasteiger partial charge >= 0.3 is 5.97 Å². The zero-order valence-electron chi connectivity index (χ0n) is 12.8. The van der Waals surface area contributed by atoms with E-state index in [1.165, 1.54) is 6.20 Å². The summed E-state index contributed by atoms with van der Waals surface area (Å²) in [7, 11) is 1.78. The fraction of sp³-hybridized carbons (Fsp3) is 0.375. The Balaban J connectivity index is 2.21. The minimum absolute atomic E-state index is 0.274. The Kier molecular flexibility index (Phi) is 4.62. The molecule has 0 saturated heterocycles. The summed E-state index contributed by atoms with van der Waals surface area (Å²) in [6.45, 7) is 6.39. The van der Waals surface area contributed by atoms with Gasteiger partial charge in [0.2, 0.25) is 0 Å². The van der Waals surface area contributed by atoms with E-state index in [1.807, 2.05) is 32.0 Å². The quantitative estimate of drug-likeness (QED) is 0.794. The van der Waals surface area contributed by atoms with Crippen LogP contribution in [0.25, 0.3) is 0 Å². The van der Waals surface area contributed by atoms with Crippen LogP contribution in [-0.4, -0.2) is 22.4 Å². The zero-order valence-corrected chi connectivity index (χ0v) is 12.8. The third kappa shape index (κ3) is 3.24. The Morgan fingerprint density at radius 1 is 1.29 bits per heavy atom. The van der Waals surface area contributed by atoms with Crippen LogP contribution in [0.2, 0.25) is 0 Å². The number of carbonyl (C=O) groups is 1. The number of hydrogen-bond acceptors (Lipinski definition) is 4. The number of hydrogen-bond donors (Lipinski definition) is 0. The number of para-hydroxylation sites is 1. The SMILES string of the molecule is CCOC(=O)c1cnn(C)c1COc1c(C)cccc1C. The van der Waals surface area contributed by atoms with Gasteiger partial charge in [0.25, 0.3) is 0 Å². The normalized spacial score (nSPS) is 10.5. The third-order valence-electron chi connectivity index (χ3n) is 3.32. The van der Waals surface area contributed by atoms with E-state index in [9.17, 15) is 4.79 Å². The van der Waals surface area contributed by atoms with Gasteiger partial charge in [0.15, 0.2) is 0 Å². The van der Waals surface area contributed by atoms with Crippen LogP contribution in [0.1, 0.15) is 34.1 Å². The molecule has 2 aromatic rings. The van der Waals surface area contributed by atoms with Crippen LogP contribution in [-0.2, 0) is 18.4 Å². The van der Waals surface area contributed by atoms with E-state index < -0.39 is 0 Å². The van der Waals surface area contributed by atoms with Crippen LogP contribution in [0, 0.1) is 13.8 Å². The maximum atomic E-state index is 11.9. The highest BCUT2D eigenvalue weighted by molar-refractivity contribution is 5.90. The van der Waals surface area contributed by atoms with Crippen molar-refractivity contribution in [3.05, 3.63) is 46.8 Å². The van der Waals surface area contributed by atoms with Crippen LogP contribution in [0.5, 0.6) is 5.75 Å². The smallest absolute Gasteiger partial charge is 0.341 e. The van der Waals surface area contributed by atoms with Gasteiger partial charge in [0, 0.05) is 7.05 Å². The lowest BCUT2D eigenvalue weighted by Gasteiger charge is -2.13. The summed E-state index contributed by atoms with van der Waals surface area (Å²) in [5, 5.41) is 4.11. The molecule has 5 nitrogen and oxygen atoms in total. The standard InChI is InChI=1S/C16H20N2O3/c1-5-20-16(19)13-9-17-18(4)14(13)10-21-15-11(2)7-6-8-12(15)3/h6-9H,5,10H2,1-4H3. The summed E-state index contributed by atoms with van der Waals surface area (Å²) in [6, 6.07) is 5.99. The average molecular weight is 288 g/mol. The molecule has 1 heterocycles. The number of carbonyl (C=O) groups excluding carboxylic acids is 1. The molecule has 5 heteroatoms. The zero-order chi connectivity index (χ0) is 15.4. The van der Waals surface area contributed by atoms with Gasteiger partial charge in [-0.15, -0.1) is 0 Å².